The summed E-state index contributed by atoms with van der Waals surface area (Å²) in [5.41, 5.74) is 7.28. The number of nitrogens with zero attached hydrogens (tertiary/aromatic N) is 5. The fourth-order valence-corrected chi connectivity index (χ4v) is 2.03. The van der Waals surface area contributed by atoms with Crippen molar-refractivity contribution in [1.82, 2.24) is 24.5 Å². The summed E-state index contributed by atoms with van der Waals surface area (Å²) in [7, 11) is 3.66. The van der Waals surface area contributed by atoms with E-state index in [1.807, 2.05) is 21.0 Å². The molecule has 0 aliphatic heterocycles. The SMILES string of the molecule is Cc1nn(C)c(NCc2ncn(C)n2)c1C(N)=S. The molecule has 0 saturated carbocycles. The normalized spacial score (nSPS) is 10.6. The molecule has 0 amide bonds. The van der Waals surface area contributed by atoms with Crippen LogP contribution in [-0.4, -0.2) is 29.5 Å². The second-order valence-electron chi connectivity index (χ2n) is 3.98. The number of nitrogens with two attached hydrogens (primary N) is 1. The van der Waals surface area contributed by atoms with Gasteiger partial charge in [0.2, 0.25) is 0 Å². The lowest BCUT2D eigenvalue weighted by molar-refractivity contribution is 0.737. The maximum Gasteiger partial charge on any atom is 0.169 e. The fourth-order valence-electron chi connectivity index (χ4n) is 1.78. The van der Waals surface area contributed by atoms with E-state index in [-0.39, 0.29) is 0 Å². The molecular weight excluding hydrogens is 250 g/mol. The average molecular weight is 265 g/mol. The van der Waals surface area contributed by atoms with Gasteiger partial charge in [-0.3, -0.25) is 9.36 Å². The summed E-state index contributed by atoms with van der Waals surface area (Å²) in [6.45, 7) is 2.37. The Kier molecular flexibility index (Phi) is 3.28. The zero-order valence-electron chi connectivity index (χ0n) is 10.5. The number of aryl methyl sites for hydroxylation is 3. The maximum atomic E-state index is 5.70. The van der Waals surface area contributed by atoms with Crippen LogP contribution in [0.25, 0.3) is 0 Å². The summed E-state index contributed by atoms with van der Waals surface area (Å²) in [4.78, 5) is 4.47. The molecule has 2 rings (SSSR count). The number of rotatable bonds is 4. The number of hydrogen-bond acceptors (Lipinski definition) is 5. The summed E-state index contributed by atoms with van der Waals surface area (Å²) < 4.78 is 3.37. The van der Waals surface area contributed by atoms with Gasteiger partial charge in [-0.25, -0.2) is 4.98 Å². The Balaban J connectivity index is 2.21. The molecule has 0 radical (unpaired) electrons. The van der Waals surface area contributed by atoms with E-state index >= 15 is 0 Å². The van der Waals surface area contributed by atoms with Gasteiger partial charge in [-0.1, -0.05) is 12.2 Å². The van der Waals surface area contributed by atoms with Crippen LogP contribution in [0.3, 0.4) is 0 Å². The van der Waals surface area contributed by atoms with Crippen LogP contribution < -0.4 is 11.1 Å². The minimum absolute atomic E-state index is 0.331. The molecule has 18 heavy (non-hydrogen) atoms. The topological polar surface area (TPSA) is 86.6 Å². The minimum atomic E-state index is 0.331. The molecule has 8 heteroatoms. The third kappa shape index (κ3) is 2.33. The lowest BCUT2D eigenvalue weighted by Gasteiger charge is -2.07. The van der Waals surface area contributed by atoms with Crippen molar-refractivity contribution in [2.75, 3.05) is 5.32 Å². The highest BCUT2D eigenvalue weighted by atomic mass is 32.1. The molecule has 0 unspecified atom stereocenters. The van der Waals surface area contributed by atoms with Crippen LogP contribution in [0.15, 0.2) is 6.33 Å². The zero-order chi connectivity index (χ0) is 13.3. The van der Waals surface area contributed by atoms with E-state index in [2.05, 4.69) is 20.5 Å². The van der Waals surface area contributed by atoms with Crippen molar-refractivity contribution < 1.29 is 0 Å². The molecule has 3 N–H and O–H groups in total. The Morgan fingerprint density at radius 3 is 2.72 bits per heavy atom. The summed E-state index contributed by atoms with van der Waals surface area (Å²) in [5.74, 6) is 1.48. The van der Waals surface area contributed by atoms with Gasteiger partial charge < -0.3 is 11.1 Å². The van der Waals surface area contributed by atoms with Gasteiger partial charge in [-0.15, -0.1) is 0 Å². The van der Waals surface area contributed by atoms with Crippen LogP contribution in [-0.2, 0) is 20.6 Å². The quantitative estimate of drug-likeness (QED) is 0.763. The third-order valence-electron chi connectivity index (χ3n) is 2.53. The van der Waals surface area contributed by atoms with Crippen molar-refractivity contribution >= 4 is 23.0 Å². The molecule has 0 atom stereocenters. The zero-order valence-corrected chi connectivity index (χ0v) is 11.3. The summed E-state index contributed by atoms with van der Waals surface area (Å²) >= 11 is 5.03. The van der Waals surface area contributed by atoms with E-state index in [9.17, 15) is 0 Å². The number of aromatic nitrogens is 5. The molecule has 0 aliphatic rings. The molecule has 0 aliphatic carbocycles. The van der Waals surface area contributed by atoms with Crippen molar-refractivity contribution in [2.45, 2.75) is 13.5 Å². The number of thiocarbonyl (C=S) groups is 1. The van der Waals surface area contributed by atoms with Crippen molar-refractivity contribution in [3.05, 3.63) is 23.4 Å². The lowest BCUT2D eigenvalue weighted by atomic mass is 10.2. The molecule has 0 bridgehead atoms. The predicted octanol–water partition coefficient (Wildman–Crippen LogP) is 0.103. The highest BCUT2D eigenvalue weighted by molar-refractivity contribution is 7.80. The van der Waals surface area contributed by atoms with Gasteiger partial charge in [0.05, 0.1) is 17.8 Å². The molecule has 96 valence electrons. The minimum Gasteiger partial charge on any atom is -0.389 e. The summed E-state index contributed by atoms with van der Waals surface area (Å²) in [6, 6.07) is 0. The Labute approximate surface area is 110 Å². The van der Waals surface area contributed by atoms with E-state index in [1.165, 1.54) is 0 Å². The summed E-state index contributed by atoms with van der Waals surface area (Å²) in [6.07, 6.45) is 1.65. The molecule has 0 aromatic carbocycles. The molecule has 2 heterocycles. The fraction of sp³-hybridized carbons (Fsp3) is 0.400. The molecule has 0 saturated heterocycles. The molecule has 0 fully saturated rings. The van der Waals surface area contributed by atoms with Crippen LogP contribution in [0, 0.1) is 6.92 Å². The summed E-state index contributed by atoms with van der Waals surface area (Å²) in [5, 5.41) is 11.7. The van der Waals surface area contributed by atoms with Crippen LogP contribution in [0.4, 0.5) is 5.82 Å². The van der Waals surface area contributed by atoms with Gasteiger partial charge in [0, 0.05) is 14.1 Å². The standard InChI is InChI=1S/C10H15N7S/c1-6-8(9(11)18)10(17(3)14-6)12-4-7-13-5-16(2)15-7/h5,12H,4H2,1-3H3,(H2,11,18). The molecule has 2 aromatic heterocycles. The van der Waals surface area contributed by atoms with Crippen molar-refractivity contribution in [3.63, 3.8) is 0 Å². The van der Waals surface area contributed by atoms with E-state index < -0.39 is 0 Å². The largest absolute Gasteiger partial charge is 0.389 e. The second kappa shape index (κ2) is 4.73. The first-order valence-electron chi connectivity index (χ1n) is 5.41. The maximum absolute atomic E-state index is 5.70. The van der Waals surface area contributed by atoms with Crippen LogP contribution in [0.1, 0.15) is 17.1 Å². The van der Waals surface area contributed by atoms with Gasteiger partial charge in [0.15, 0.2) is 5.82 Å². The van der Waals surface area contributed by atoms with Gasteiger partial charge in [0.1, 0.15) is 17.1 Å². The molecule has 7 nitrogen and oxygen atoms in total. The van der Waals surface area contributed by atoms with E-state index in [1.54, 1.807) is 15.7 Å². The van der Waals surface area contributed by atoms with Crippen LogP contribution >= 0.6 is 12.2 Å². The van der Waals surface area contributed by atoms with Gasteiger partial charge in [-0.2, -0.15) is 10.2 Å². The highest BCUT2D eigenvalue weighted by Crippen LogP contribution is 2.18. The number of anilines is 1. The van der Waals surface area contributed by atoms with E-state index in [0.717, 1.165) is 17.1 Å². The Morgan fingerprint density at radius 1 is 1.44 bits per heavy atom. The number of hydrogen-bond donors (Lipinski definition) is 2. The first kappa shape index (κ1) is 12.5. The molecule has 2 aromatic rings. The van der Waals surface area contributed by atoms with Gasteiger partial charge in [0.25, 0.3) is 0 Å². The molecular formula is C10H15N7S. The lowest BCUT2D eigenvalue weighted by Crippen LogP contribution is -2.14. The second-order valence-corrected chi connectivity index (χ2v) is 4.42. The predicted molar refractivity (Wildman–Crippen MR) is 72.2 cm³/mol. The Morgan fingerprint density at radius 2 is 2.17 bits per heavy atom. The number of nitrogens with one attached hydrogen (secondary N) is 1. The van der Waals surface area contributed by atoms with Gasteiger partial charge in [-0.05, 0) is 6.92 Å². The molecule has 0 spiro atoms. The first-order chi connectivity index (χ1) is 8.49. The van der Waals surface area contributed by atoms with Crippen LogP contribution in [0.5, 0.6) is 0 Å². The Hall–Kier alpha value is -1.96. The first-order valence-corrected chi connectivity index (χ1v) is 5.81. The monoisotopic (exact) mass is 265 g/mol. The van der Waals surface area contributed by atoms with Crippen molar-refractivity contribution in [3.8, 4) is 0 Å². The highest BCUT2D eigenvalue weighted by Gasteiger charge is 2.15. The third-order valence-corrected chi connectivity index (χ3v) is 2.73. The van der Waals surface area contributed by atoms with Crippen molar-refractivity contribution in [1.29, 1.82) is 0 Å². The Bertz CT molecular complexity index is 583. The van der Waals surface area contributed by atoms with E-state index in [0.29, 0.717) is 17.4 Å². The average Bonchev–Trinajstić information content (AvgIpc) is 2.79. The van der Waals surface area contributed by atoms with E-state index in [4.69, 9.17) is 18.0 Å². The van der Waals surface area contributed by atoms with Gasteiger partial charge >= 0.3 is 0 Å². The smallest absolute Gasteiger partial charge is 0.169 e. The van der Waals surface area contributed by atoms with Crippen LogP contribution in [0.2, 0.25) is 0 Å². The van der Waals surface area contributed by atoms with Crippen molar-refractivity contribution in [2.24, 2.45) is 19.8 Å².